The number of amides is 1. The highest BCUT2D eigenvalue weighted by molar-refractivity contribution is 5.88. The lowest BCUT2D eigenvalue weighted by atomic mass is 10.0. The highest BCUT2D eigenvalue weighted by atomic mass is 16.4. The Labute approximate surface area is 149 Å². The molecule has 8 nitrogen and oxygen atoms in total. The van der Waals surface area contributed by atoms with Gasteiger partial charge in [-0.2, -0.15) is 0 Å². The van der Waals surface area contributed by atoms with E-state index >= 15 is 0 Å². The van der Waals surface area contributed by atoms with Crippen LogP contribution < -0.4 is 11.1 Å². The van der Waals surface area contributed by atoms with Crippen molar-refractivity contribution in [2.75, 3.05) is 5.32 Å². The molecule has 4 N–H and O–H groups in total. The molecular weight excluding hydrogens is 334 g/mol. The van der Waals surface area contributed by atoms with Crippen molar-refractivity contribution in [2.24, 2.45) is 5.73 Å². The van der Waals surface area contributed by atoms with Gasteiger partial charge < -0.3 is 16.2 Å². The second-order valence-corrected chi connectivity index (χ2v) is 5.82. The number of nitrogens with zero attached hydrogens (tertiary/aromatic N) is 3. The van der Waals surface area contributed by atoms with Crippen LogP contribution in [0.2, 0.25) is 0 Å². The van der Waals surface area contributed by atoms with Gasteiger partial charge in [-0.3, -0.25) is 14.6 Å². The number of aromatic nitrogens is 3. The van der Waals surface area contributed by atoms with Crippen molar-refractivity contribution in [3.8, 4) is 11.3 Å². The first-order valence-corrected chi connectivity index (χ1v) is 7.91. The Bertz CT molecular complexity index is 972. The number of carboxylic acid groups (broad SMARTS) is 1. The zero-order chi connectivity index (χ0) is 18.7. The predicted octanol–water partition coefficient (Wildman–Crippen LogP) is 1.60. The van der Waals surface area contributed by atoms with E-state index in [0.717, 1.165) is 11.1 Å². The zero-order valence-electron chi connectivity index (χ0n) is 14.0. The summed E-state index contributed by atoms with van der Waals surface area (Å²) < 4.78 is 0. The van der Waals surface area contributed by atoms with E-state index in [1.165, 1.54) is 6.92 Å². The number of benzene rings is 1. The summed E-state index contributed by atoms with van der Waals surface area (Å²) in [5.41, 5.74) is 8.85. The molecule has 3 aromatic rings. The second-order valence-electron chi connectivity index (χ2n) is 5.82. The first kappa shape index (κ1) is 17.4. The summed E-state index contributed by atoms with van der Waals surface area (Å²) >= 11 is 0. The smallest absolute Gasteiger partial charge is 0.320 e. The third kappa shape index (κ3) is 3.98. The van der Waals surface area contributed by atoms with E-state index in [9.17, 15) is 9.59 Å². The largest absolute Gasteiger partial charge is 0.480 e. The molecule has 0 saturated heterocycles. The molecule has 1 amide bonds. The van der Waals surface area contributed by atoms with Gasteiger partial charge in [0.2, 0.25) is 5.91 Å². The molecule has 0 radical (unpaired) electrons. The number of pyridine rings is 1. The summed E-state index contributed by atoms with van der Waals surface area (Å²) in [4.78, 5) is 35.1. The summed E-state index contributed by atoms with van der Waals surface area (Å²) in [7, 11) is 0. The standard InChI is InChI=1S/C18H17N5O3/c1-10(24)21-16-7-6-14-17(23-16)22-15(9-20-14)12-4-2-11(3-5-12)8-13(19)18(25)26/h2-7,9,13H,8,19H2,1H3,(H,25,26)(H,21,22,23,24)/t13-/m0/s1. The minimum Gasteiger partial charge on any atom is -0.480 e. The van der Waals surface area contributed by atoms with Gasteiger partial charge in [0.05, 0.1) is 11.9 Å². The molecule has 132 valence electrons. The van der Waals surface area contributed by atoms with Gasteiger partial charge in [-0.15, -0.1) is 0 Å². The lowest BCUT2D eigenvalue weighted by molar-refractivity contribution is -0.138. The third-order valence-corrected chi connectivity index (χ3v) is 3.73. The van der Waals surface area contributed by atoms with Crippen LogP contribution in [0.3, 0.4) is 0 Å². The molecule has 26 heavy (non-hydrogen) atoms. The maximum atomic E-state index is 11.2. The highest BCUT2D eigenvalue weighted by Gasteiger charge is 2.12. The van der Waals surface area contributed by atoms with E-state index in [-0.39, 0.29) is 12.3 Å². The van der Waals surface area contributed by atoms with Gasteiger partial charge in [-0.1, -0.05) is 24.3 Å². The van der Waals surface area contributed by atoms with E-state index in [1.54, 1.807) is 18.3 Å². The van der Waals surface area contributed by atoms with Crippen LogP contribution in [0, 0.1) is 0 Å². The lowest BCUT2D eigenvalue weighted by Crippen LogP contribution is -2.32. The van der Waals surface area contributed by atoms with E-state index in [2.05, 4.69) is 20.3 Å². The fraction of sp³-hybridized carbons (Fsp3) is 0.167. The summed E-state index contributed by atoms with van der Waals surface area (Å²) in [6.07, 6.45) is 1.89. The monoisotopic (exact) mass is 351 g/mol. The molecule has 2 heterocycles. The Balaban J connectivity index is 1.87. The van der Waals surface area contributed by atoms with Gasteiger partial charge in [-0.05, 0) is 24.1 Å². The number of carbonyl (C=O) groups is 2. The molecule has 0 aliphatic carbocycles. The average molecular weight is 351 g/mol. The van der Waals surface area contributed by atoms with Crippen LogP contribution in [0.4, 0.5) is 5.82 Å². The number of rotatable bonds is 5. The highest BCUT2D eigenvalue weighted by Crippen LogP contribution is 2.20. The molecule has 1 aromatic carbocycles. The number of hydrogen-bond donors (Lipinski definition) is 3. The van der Waals surface area contributed by atoms with Crippen LogP contribution in [0.25, 0.3) is 22.4 Å². The summed E-state index contributed by atoms with van der Waals surface area (Å²) in [5.74, 6) is -0.832. The Kier molecular flexibility index (Phi) is 4.85. The summed E-state index contributed by atoms with van der Waals surface area (Å²) in [6, 6.07) is 9.75. The van der Waals surface area contributed by atoms with E-state index < -0.39 is 12.0 Å². The van der Waals surface area contributed by atoms with Gasteiger partial charge in [0.15, 0.2) is 5.65 Å². The summed E-state index contributed by atoms with van der Waals surface area (Å²) in [5, 5.41) is 11.5. The first-order chi connectivity index (χ1) is 12.4. The van der Waals surface area contributed by atoms with Crippen LogP contribution >= 0.6 is 0 Å². The molecule has 1 atom stereocenters. The van der Waals surface area contributed by atoms with Gasteiger partial charge in [0.25, 0.3) is 0 Å². The van der Waals surface area contributed by atoms with Gasteiger partial charge in [0.1, 0.15) is 17.4 Å². The predicted molar refractivity (Wildman–Crippen MR) is 96.4 cm³/mol. The molecule has 0 spiro atoms. The van der Waals surface area contributed by atoms with Crippen LogP contribution in [0.15, 0.2) is 42.6 Å². The number of hydrogen-bond acceptors (Lipinski definition) is 6. The van der Waals surface area contributed by atoms with Gasteiger partial charge in [-0.25, -0.2) is 9.97 Å². The van der Waals surface area contributed by atoms with Crippen molar-refractivity contribution >= 4 is 28.9 Å². The normalized spacial score (nSPS) is 11.9. The molecule has 0 unspecified atom stereocenters. The lowest BCUT2D eigenvalue weighted by Gasteiger charge is -2.08. The molecule has 0 aliphatic heterocycles. The Morgan fingerprint density at radius 3 is 2.54 bits per heavy atom. The molecule has 3 rings (SSSR count). The SMILES string of the molecule is CC(=O)Nc1ccc2ncc(-c3ccc(C[C@H](N)C(=O)O)cc3)nc2n1. The van der Waals surface area contributed by atoms with Gasteiger partial charge in [0, 0.05) is 12.5 Å². The molecule has 8 heteroatoms. The number of fused-ring (bicyclic) bond motifs is 1. The molecule has 0 saturated carbocycles. The van der Waals surface area contributed by atoms with E-state index in [4.69, 9.17) is 10.8 Å². The van der Waals surface area contributed by atoms with Crippen molar-refractivity contribution in [3.63, 3.8) is 0 Å². The number of carboxylic acids is 1. The van der Waals surface area contributed by atoms with Crippen LogP contribution in [-0.4, -0.2) is 38.0 Å². The fourth-order valence-corrected chi connectivity index (χ4v) is 2.44. The number of nitrogens with one attached hydrogen (secondary N) is 1. The Morgan fingerprint density at radius 1 is 1.15 bits per heavy atom. The Hall–Kier alpha value is -3.39. The Morgan fingerprint density at radius 2 is 1.88 bits per heavy atom. The maximum Gasteiger partial charge on any atom is 0.320 e. The number of nitrogens with two attached hydrogens (primary N) is 1. The molecule has 0 aliphatic rings. The van der Waals surface area contributed by atoms with Gasteiger partial charge >= 0.3 is 5.97 Å². The minimum absolute atomic E-state index is 0.212. The maximum absolute atomic E-state index is 11.2. The summed E-state index contributed by atoms with van der Waals surface area (Å²) in [6.45, 7) is 1.41. The fourth-order valence-electron chi connectivity index (χ4n) is 2.44. The zero-order valence-corrected chi connectivity index (χ0v) is 14.0. The quantitative estimate of drug-likeness (QED) is 0.636. The first-order valence-electron chi connectivity index (χ1n) is 7.91. The molecule has 0 bridgehead atoms. The van der Waals surface area contributed by atoms with E-state index in [1.807, 2.05) is 24.3 Å². The topological polar surface area (TPSA) is 131 Å². The van der Waals surface area contributed by atoms with Crippen molar-refractivity contribution in [1.29, 1.82) is 0 Å². The van der Waals surface area contributed by atoms with Crippen molar-refractivity contribution in [3.05, 3.63) is 48.2 Å². The third-order valence-electron chi connectivity index (χ3n) is 3.73. The number of anilines is 1. The van der Waals surface area contributed by atoms with Crippen molar-refractivity contribution in [2.45, 2.75) is 19.4 Å². The number of carbonyl (C=O) groups excluding carboxylic acids is 1. The van der Waals surface area contributed by atoms with Crippen LogP contribution in [-0.2, 0) is 16.0 Å². The minimum atomic E-state index is -1.03. The van der Waals surface area contributed by atoms with Crippen LogP contribution in [0.1, 0.15) is 12.5 Å². The van der Waals surface area contributed by atoms with E-state index in [0.29, 0.717) is 22.7 Å². The van der Waals surface area contributed by atoms with Crippen LogP contribution in [0.5, 0.6) is 0 Å². The molecule has 0 fully saturated rings. The average Bonchev–Trinajstić information content (AvgIpc) is 2.61. The molecule has 2 aromatic heterocycles. The van der Waals surface area contributed by atoms with Crippen molar-refractivity contribution < 1.29 is 14.7 Å². The van der Waals surface area contributed by atoms with Crippen molar-refractivity contribution in [1.82, 2.24) is 15.0 Å². The second kappa shape index (κ2) is 7.24. The molecular formula is C18H17N5O3. The number of aliphatic carboxylic acids is 1.